The monoisotopic (exact) mass is 313 g/mol. The number of nitrogens with one attached hydrogen (secondary N) is 1. The molecule has 0 aliphatic carbocycles. The Hall–Kier alpha value is -1.46. The molecule has 0 saturated carbocycles. The fourth-order valence-corrected chi connectivity index (χ4v) is 4.18. The van der Waals surface area contributed by atoms with Crippen molar-refractivity contribution in [1.82, 2.24) is 24.8 Å². The van der Waals surface area contributed by atoms with Crippen LogP contribution in [0.15, 0.2) is 18.3 Å². The number of hydrogen-bond acceptors (Lipinski definition) is 4. The average Bonchev–Trinajstić information content (AvgIpc) is 3.22. The van der Waals surface area contributed by atoms with Gasteiger partial charge in [-0.3, -0.25) is 0 Å². The van der Waals surface area contributed by atoms with Gasteiger partial charge in [0.15, 0.2) is 5.65 Å². The zero-order chi connectivity index (χ0) is 15.6. The average molecular weight is 313 g/mol. The number of nitrogens with zero attached hydrogens (tertiary/aromatic N) is 4. The molecule has 2 aliphatic rings. The quantitative estimate of drug-likeness (QED) is 0.941. The highest BCUT2D eigenvalue weighted by Crippen LogP contribution is 2.28. The Morgan fingerprint density at radius 2 is 2.26 bits per heavy atom. The standard InChI is InChI=1S/C18H27N5/c1-2-22-11-5-7-15(13-22)23-17(12-14-6-3-9-19-14)21-16-8-4-10-20-18(16)23/h4,8,10,14-15,19H,2-3,5-7,9,11-13H2,1H3. The Morgan fingerprint density at radius 1 is 1.30 bits per heavy atom. The van der Waals surface area contributed by atoms with Crippen LogP contribution in [0.2, 0.25) is 0 Å². The highest BCUT2D eigenvalue weighted by atomic mass is 15.2. The summed E-state index contributed by atoms with van der Waals surface area (Å²) in [6.07, 6.45) is 7.99. The lowest BCUT2D eigenvalue weighted by Gasteiger charge is -2.33. The molecular weight excluding hydrogens is 286 g/mol. The van der Waals surface area contributed by atoms with Crippen LogP contribution in [0, 0.1) is 0 Å². The summed E-state index contributed by atoms with van der Waals surface area (Å²) >= 11 is 0. The second kappa shape index (κ2) is 6.57. The smallest absolute Gasteiger partial charge is 0.160 e. The maximum atomic E-state index is 4.94. The molecule has 2 unspecified atom stereocenters. The van der Waals surface area contributed by atoms with E-state index in [9.17, 15) is 0 Å². The molecule has 5 heteroatoms. The Labute approximate surface area is 138 Å². The summed E-state index contributed by atoms with van der Waals surface area (Å²) in [5.74, 6) is 1.22. The zero-order valence-electron chi connectivity index (χ0n) is 14.0. The highest BCUT2D eigenvalue weighted by Gasteiger charge is 2.26. The van der Waals surface area contributed by atoms with Gasteiger partial charge in [0.2, 0.25) is 0 Å². The molecule has 124 valence electrons. The molecule has 0 spiro atoms. The number of pyridine rings is 1. The van der Waals surface area contributed by atoms with Crippen LogP contribution in [0.3, 0.4) is 0 Å². The molecule has 2 aliphatic heterocycles. The lowest BCUT2D eigenvalue weighted by Crippen LogP contribution is -2.37. The SMILES string of the molecule is CCN1CCCC(n2c(CC3CCCN3)nc3cccnc32)C1. The second-order valence-electron chi connectivity index (χ2n) is 6.93. The number of fused-ring (bicyclic) bond motifs is 1. The zero-order valence-corrected chi connectivity index (χ0v) is 14.0. The topological polar surface area (TPSA) is 46.0 Å². The first-order valence-corrected chi connectivity index (χ1v) is 9.12. The molecule has 2 atom stereocenters. The van der Waals surface area contributed by atoms with Crippen molar-refractivity contribution < 1.29 is 0 Å². The predicted molar refractivity (Wildman–Crippen MR) is 92.6 cm³/mol. The van der Waals surface area contributed by atoms with Gasteiger partial charge < -0.3 is 14.8 Å². The third-order valence-corrected chi connectivity index (χ3v) is 5.41. The molecule has 0 bridgehead atoms. The lowest BCUT2D eigenvalue weighted by atomic mass is 10.0. The summed E-state index contributed by atoms with van der Waals surface area (Å²) in [5.41, 5.74) is 2.12. The molecule has 1 N–H and O–H groups in total. The first-order chi connectivity index (χ1) is 11.3. The van der Waals surface area contributed by atoms with Gasteiger partial charge in [-0.2, -0.15) is 0 Å². The Kier molecular flexibility index (Phi) is 4.31. The van der Waals surface area contributed by atoms with E-state index >= 15 is 0 Å². The fraction of sp³-hybridized carbons (Fsp3) is 0.667. The van der Waals surface area contributed by atoms with Gasteiger partial charge >= 0.3 is 0 Å². The molecule has 0 radical (unpaired) electrons. The van der Waals surface area contributed by atoms with Crippen molar-refractivity contribution in [3.8, 4) is 0 Å². The number of piperidine rings is 1. The van der Waals surface area contributed by atoms with Crippen molar-refractivity contribution in [1.29, 1.82) is 0 Å². The van der Waals surface area contributed by atoms with Gasteiger partial charge in [-0.15, -0.1) is 0 Å². The van der Waals surface area contributed by atoms with Crippen LogP contribution < -0.4 is 5.32 Å². The summed E-state index contributed by atoms with van der Waals surface area (Å²) in [6.45, 7) is 6.90. The molecule has 2 aromatic rings. The van der Waals surface area contributed by atoms with Gasteiger partial charge in [-0.05, 0) is 57.5 Å². The van der Waals surface area contributed by atoms with Gasteiger partial charge in [0.1, 0.15) is 11.3 Å². The summed E-state index contributed by atoms with van der Waals surface area (Å²) in [5, 5.41) is 3.62. The number of likely N-dealkylation sites (tertiary alicyclic amines) is 1. The Balaban J connectivity index is 1.69. The summed E-state index contributed by atoms with van der Waals surface area (Å²) in [4.78, 5) is 12.2. The normalized spacial score (nSPS) is 26.1. The molecule has 23 heavy (non-hydrogen) atoms. The minimum absolute atomic E-state index is 0.514. The van der Waals surface area contributed by atoms with E-state index < -0.39 is 0 Å². The van der Waals surface area contributed by atoms with Gasteiger partial charge in [-0.25, -0.2) is 9.97 Å². The van der Waals surface area contributed by atoms with Crippen LogP contribution in [-0.4, -0.2) is 51.7 Å². The fourth-order valence-electron chi connectivity index (χ4n) is 4.18. The molecule has 4 rings (SSSR count). The van der Waals surface area contributed by atoms with Gasteiger partial charge in [-0.1, -0.05) is 6.92 Å². The summed E-state index contributed by atoms with van der Waals surface area (Å²) < 4.78 is 2.46. The highest BCUT2D eigenvalue weighted by molar-refractivity contribution is 5.71. The van der Waals surface area contributed by atoms with Crippen molar-refractivity contribution in [2.75, 3.05) is 26.2 Å². The van der Waals surface area contributed by atoms with E-state index in [1.54, 1.807) is 0 Å². The van der Waals surface area contributed by atoms with E-state index in [1.165, 1.54) is 38.1 Å². The number of likely N-dealkylation sites (N-methyl/N-ethyl adjacent to an activating group) is 1. The molecule has 2 aromatic heterocycles. The first-order valence-electron chi connectivity index (χ1n) is 9.12. The molecule has 2 saturated heterocycles. The van der Waals surface area contributed by atoms with E-state index in [0.29, 0.717) is 12.1 Å². The second-order valence-corrected chi connectivity index (χ2v) is 6.93. The van der Waals surface area contributed by atoms with Crippen molar-refractivity contribution in [3.05, 3.63) is 24.2 Å². The number of aromatic nitrogens is 3. The number of rotatable bonds is 4. The third-order valence-electron chi connectivity index (χ3n) is 5.41. The molecule has 0 amide bonds. The van der Waals surface area contributed by atoms with Crippen molar-refractivity contribution >= 4 is 11.2 Å². The van der Waals surface area contributed by atoms with Crippen molar-refractivity contribution in [2.45, 2.75) is 51.1 Å². The van der Waals surface area contributed by atoms with Gasteiger partial charge in [0.25, 0.3) is 0 Å². The van der Waals surface area contributed by atoms with E-state index in [2.05, 4.69) is 32.8 Å². The largest absolute Gasteiger partial charge is 0.314 e. The molecular formula is C18H27N5. The minimum Gasteiger partial charge on any atom is -0.314 e. The summed E-state index contributed by atoms with van der Waals surface area (Å²) in [7, 11) is 0. The van der Waals surface area contributed by atoms with E-state index in [4.69, 9.17) is 4.98 Å². The molecule has 0 aromatic carbocycles. The van der Waals surface area contributed by atoms with Gasteiger partial charge in [0, 0.05) is 31.2 Å². The van der Waals surface area contributed by atoms with E-state index in [1.807, 2.05) is 12.3 Å². The third kappa shape index (κ3) is 3.00. The van der Waals surface area contributed by atoms with Crippen LogP contribution in [-0.2, 0) is 6.42 Å². The number of hydrogen-bond donors (Lipinski definition) is 1. The molecule has 5 nitrogen and oxygen atoms in total. The van der Waals surface area contributed by atoms with Crippen LogP contribution >= 0.6 is 0 Å². The molecule has 4 heterocycles. The minimum atomic E-state index is 0.514. The molecule has 2 fully saturated rings. The maximum absolute atomic E-state index is 4.94. The summed E-state index contributed by atoms with van der Waals surface area (Å²) in [6, 6.07) is 5.19. The van der Waals surface area contributed by atoms with Crippen LogP contribution in [0.5, 0.6) is 0 Å². The van der Waals surface area contributed by atoms with Crippen LogP contribution in [0.25, 0.3) is 11.2 Å². The Bertz CT molecular complexity index is 658. The first kappa shape index (κ1) is 15.1. The Morgan fingerprint density at radius 3 is 3.09 bits per heavy atom. The van der Waals surface area contributed by atoms with Crippen LogP contribution in [0.1, 0.15) is 44.5 Å². The maximum Gasteiger partial charge on any atom is 0.160 e. The van der Waals surface area contributed by atoms with Crippen molar-refractivity contribution in [3.63, 3.8) is 0 Å². The predicted octanol–water partition coefficient (Wildman–Crippen LogP) is 2.38. The number of imidazole rings is 1. The van der Waals surface area contributed by atoms with Crippen molar-refractivity contribution in [2.24, 2.45) is 0 Å². The van der Waals surface area contributed by atoms with E-state index in [-0.39, 0.29) is 0 Å². The van der Waals surface area contributed by atoms with E-state index in [0.717, 1.165) is 37.2 Å². The lowest BCUT2D eigenvalue weighted by molar-refractivity contribution is 0.185. The van der Waals surface area contributed by atoms with Gasteiger partial charge in [0.05, 0.1) is 0 Å². The van der Waals surface area contributed by atoms with Crippen LogP contribution in [0.4, 0.5) is 0 Å².